The number of thiazole rings is 1. The summed E-state index contributed by atoms with van der Waals surface area (Å²) in [5, 5.41) is 3.94. The van der Waals surface area contributed by atoms with Crippen molar-refractivity contribution in [2.24, 2.45) is 5.92 Å². The topological polar surface area (TPSA) is 97.1 Å². The Morgan fingerprint density at radius 3 is 2.71 bits per heavy atom. The predicted octanol–water partition coefficient (Wildman–Crippen LogP) is 5.13. The van der Waals surface area contributed by atoms with Crippen molar-refractivity contribution < 1.29 is 8.42 Å². The molecule has 0 aliphatic heterocycles. The Labute approximate surface area is 188 Å². The van der Waals surface area contributed by atoms with Gasteiger partial charge in [-0.05, 0) is 43.0 Å². The molecule has 1 aliphatic carbocycles. The number of para-hydroxylation sites is 2. The predicted molar refractivity (Wildman–Crippen MR) is 129 cm³/mol. The molecule has 1 aliphatic rings. The van der Waals surface area contributed by atoms with Crippen LogP contribution in [0, 0.1) is 5.92 Å². The van der Waals surface area contributed by atoms with Crippen LogP contribution >= 0.6 is 11.3 Å². The number of nitrogens with two attached hydrogens (primary N) is 1. The molecule has 0 spiro atoms. The van der Waals surface area contributed by atoms with Gasteiger partial charge in [0, 0.05) is 12.6 Å². The standard InChI is InChI=1S/C23H30N4O2S2/c1-16(14-17-8-3-2-4-9-17)25-15-18-10-5-6-11-19(18)27-31(28,29)21-13-7-12-20-22(21)26-23(24)30-20/h5-7,10-13,16-17,25,27H,2-4,8-9,14-15H2,1H3,(H2,24,26). The van der Waals surface area contributed by atoms with E-state index < -0.39 is 10.0 Å². The monoisotopic (exact) mass is 458 g/mol. The lowest BCUT2D eigenvalue weighted by molar-refractivity contribution is 0.305. The molecule has 2 aromatic carbocycles. The molecule has 0 bridgehead atoms. The van der Waals surface area contributed by atoms with E-state index in [0.29, 0.717) is 28.9 Å². The molecular formula is C23H30N4O2S2. The molecule has 1 aromatic heterocycles. The average molecular weight is 459 g/mol. The van der Waals surface area contributed by atoms with Crippen LogP contribution in [0.2, 0.25) is 0 Å². The maximum atomic E-state index is 13.2. The number of anilines is 2. The molecule has 4 N–H and O–H groups in total. The minimum atomic E-state index is -3.80. The minimum Gasteiger partial charge on any atom is -0.375 e. The molecule has 31 heavy (non-hydrogen) atoms. The summed E-state index contributed by atoms with van der Waals surface area (Å²) in [7, 11) is -3.80. The molecule has 6 nitrogen and oxygen atoms in total. The zero-order valence-corrected chi connectivity index (χ0v) is 19.4. The van der Waals surface area contributed by atoms with E-state index in [2.05, 4.69) is 21.9 Å². The number of nitrogen functional groups attached to an aromatic ring is 1. The largest absolute Gasteiger partial charge is 0.375 e. The Morgan fingerprint density at radius 1 is 1.13 bits per heavy atom. The molecule has 0 saturated heterocycles. The van der Waals surface area contributed by atoms with Gasteiger partial charge in [-0.25, -0.2) is 13.4 Å². The summed E-state index contributed by atoms with van der Waals surface area (Å²) < 4.78 is 29.9. The van der Waals surface area contributed by atoms with Crippen molar-refractivity contribution in [1.29, 1.82) is 0 Å². The number of sulfonamides is 1. The van der Waals surface area contributed by atoms with Crippen LogP contribution in [0.3, 0.4) is 0 Å². The van der Waals surface area contributed by atoms with Gasteiger partial charge in [0.2, 0.25) is 0 Å². The summed E-state index contributed by atoms with van der Waals surface area (Å²) in [6.07, 6.45) is 7.89. The van der Waals surface area contributed by atoms with Crippen LogP contribution in [0.25, 0.3) is 10.2 Å². The van der Waals surface area contributed by atoms with E-state index in [1.54, 1.807) is 18.2 Å². The van der Waals surface area contributed by atoms with Crippen LogP contribution in [-0.4, -0.2) is 19.4 Å². The first kappa shape index (κ1) is 22.0. The van der Waals surface area contributed by atoms with Gasteiger partial charge in [0.15, 0.2) is 5.13 Å². The normalized spacial score (nSPS) is 16.4. The van der Waals surface area contributed by atoms with Crippen LogP contribution in [0.1, 0.15) is 51.0 Å². The van der Waals surface area contributed by atoms with E-state index in [0.717, 1.165) is 16.2 Å². The maximum Gasteiger partial charge on any atom is 0.264 e. The third-order valence-electron chi connectivity index (χ3n) is 6.00. The Hall–Kier alpha value is -2.16. The third-order valence-corrected chi connectivity index (χ3v) is 8.25. The Morgan fingerprint density at radius 2 is 1.90 bits per heavy atom. The average Bonchev–Trinajstić information content (AvgIpc) is 3.13. The van der Waals surface area contributed by atoms with Crippen molar-refractivity contribution in [2.75, 3.05) is 10.5 Å². The molecule has 0 amide bonds. The number of nitrogens with one attached hydrogen (secondary N) is 2. The van der Waals surface area contributed by atoms with Crippen molar-refractivity contribution in [3.63, 3.8) is 0 Å². The highest BCUT2D eigenvalue weighted by atomic mass is 32.2. The summed E-state index contributed by atoms with van der Waals surface area (Å²) in [5.41, 5.74) is 7.72. The molecule has 8 heteroatoms. The minimum absolute atomic E-state index is 0.145. The van der Waals surface area contributed by atoms with Crippen molar-refractivity contribution in [1.82, 2.24) is 10.3 Å². The van der Waals surface area contributed by atoms with Crippen molar-refractivity contribution in [3.8, 4) is 0 Å². The van der Waals surface area contributed by atoms with Crippen molar-refractivity contribution in [2.45, 2.75) is 62.9 Å². The number of hydrogen-bond acceptors (Lipinski definition) is 6. The second-order valence-corrected chi connectivity index (χ2v) is 11.2. The first-order valence-corrected chi connectivity index (χ1v) is 13.2. The van der Waals surface area contributed by atoms with Crippen LogP contribution < -0.4 is 15.8 Å². The number of fused-ring (bicyclic) bond motifs is 1. The lowest BCUT2D eigenvalue weighted by Crippen LogP contribution is -2.29. The molecule has 166 valence electrons. The molecule has 0 radical (unpaired) electrons. The van der Waals surface area contributed by atoms with Crippen molar-refractivity contribution in [3.05, 3.63) is 48.0 Å². The summed E-state index contributed by atoms with van der Waals surface area (Å²) in [6.45, 7) is 2.83. The van der Waals surface area contributed by atoms with E-state index in [-0.39, 0.29) is 4.90 Å². The first-order chi connectivity index (χ1) is 14.9. The van der Waals surface area contributed by atoms with Gasteiger partial charge in [-0.1, -0.05) is 67.7 Å². The summed E-state index contributed by atoms with van der Waals surface area (Å²) in [4.78, 5) is 4.37. The highest BCUT2D eigenvalue weighted by Gasteiger charge is 2.21. The fourth-order valence-corrected chi connectivity index (χ4v) is 6.51. The fraction of sp³-hybridized carbons (Fsp3) is 0.435. The highest BCUT2D eigenvalue weighted by Crippen LogP contribution is 2.31. The molecule has 1 atom stereocenters. The number of nitrogens with zero attached hydrogens (tertiary/aromatic N) is 1. The number of rotatable bonds is 8. The molecule has 1 heterocycles. The maximum absolute atomic E-state index is 13.2. The van der Waals surface area contributed by atoms with Gasteiger partial charge in [-0.2, -0.15) is 0 Å². The van der Waals surface area contributed by atoms with Crippen LogP contribution in [0.15, 0.2) is 47.4 Å². The quantitative estimate of drug-likeness (QED) is 0.435. The lowest BCUT2D eigenvalue weighted by Gasteiger charge is -2.25. The molecule has 1 saturated carbocycles. The van der Waals surface area contributed by atoms with Gasteiger partial charge in [-0.3, -0.25) is 4.72 Å². The molecule has 1 fully saturated rings. The number of hydrogen-bond donors (Lipinski definition) is 3. The zero-order valence-electron chi connectivity index (χ0n) is 17.8. The molecule has 4 rings (SSSR count). The van der Waals surface area contributed by atoms with E-state index in [1.165, 1.54) is 49.9 Å². The SMILES string of the molecule is CC(CC1CCCCC1)NCc1ccccc1NS(=O)(=O)c1cccc2sc(N)nc12. The van der Waals surface area contributed by atoms with E-state index >= 15 is 0 Å². The van der Waals surface area contributed by atoms with E-state index in [4.69, 9.17) is 5.73 Å². The Bertz CT molecular complexity index is 1140. The van der Waals surface area contributed by atoms with Crippen LogP contribution in [0.5, 0.6) is 0 Å². The fourth-order valence-electron chi connectivity index (χ4n) is 4.42. The van der Waals surface area contributed by atoms with Gasteiger partial charge >= 0.3 is 0 Å². The van der Waals surface area contributed by atoms with Crippen LogP contribution in [-0.2, 0) is 16.6 Å². The number of aromatic nitrogens is 1. The second-order valence-electron chi connectivity index (χ2n) is 8.44. The lowest BCUT2D eigenvalue weighted by atomic mass is 9.85. The Balaban J connectivity index is 1.47. The smallest absolute Gasteiger partial charge is 0.264 e. The summed E-state index contributed by atoms with van der Waals surface area (Å²) >= 11 is 1.28. The van der Waals surface area contributed by atoms with Gasteiger partial charge in [0.25, 0.3) is 10.0 Å². The van der Waals surface area contributed by atoms with Crippen molar-refractivity contribution >= 4 is 42.4 Å². The Kier molecular flexibility index (Phi) is 6.79. The van der Waals surface area contributed by atoms with Gasteiger partial charge in [0.1, 0.15) is 10.4 Å². The highest BCUT2D eigenvalue weighted by molar-refractivity contribution is 7.93. The molecule has 1 unspecified atom stereocenters. The van der Waals surface area contributed by atoms with Gasteiger partial charge in [-0.15, -0.1) is 0 Å². The van der Waals surface area contributed by atoms with Gasteiger partial charge < -0.3 is 11.1 Å². The summed E-state index contributed by atoms with van der Waals surface area (Å²) in [5.74, 6) is 0.802. The number of benzene rings is 2. The first-order valence-electron chi connectivity index (χ1n) is 10.9. The van der Waals surface area contributed by atoms with E-state index in [9.17, 15) is 8.42 Å². The molecular weight excluding hydrogens is 428 g/mol. The zero-order chi connectivity index (χ0) is 21.8. The summed E-state index contributed by atoms with van der Waals surface area (Å²) in [6, 6.07) is 13.0. The molecule has 3 aromatic rings. The van der Waals surface area contributed by atoms with E-state index in [1.807, 2.05) is 24.3 Å². The van der Waals surface area contributed by atoms with Gasteiger partial charge in [0.05, 0.1) is 10.4 Å². The van der Waals surface area contributed by atoms with Crippen LogP contribution in [0.4, 0.5) is 10.8 Å². The second kappa shape index (κ2) is 9.54. The third kappa shape index (κ3) is 5.37.